The number of alkyl halides is 3. The summed E-state index contributed by atoms with van der Waals surface area (Å²) in [6, 6.07) is 4.11. The van der Waals surface area contributed by atoms with E-state index in [1.165, 1.54) is 13.0 Å². The minimum absolute atomic E-state index is 0.0546. The Morgan fingerprint density at radius 1 is 1.21 bits per heavy atom. The molecular formula is C19H18F5NO3. The van der Waals surface area contributed by atoms with Gasteiger partial charge in [0.15, 0.2) is 22.6 Å². The summed E-state index contributed by atoms with van der Waals surface area (Å²) in [5.41, 5.74) is -2.87. The number of aromatic amines is 1. The molecule has 1 fully saturated rings. The van der Waals surface area contributed by atoms with Gasteiger partial charge < -0.3 is 14.8 Å². The van der Waals surface area contributed by atoms with Gasteiger partial charge in [-0.05, 0) is 19.9 Å². The SMILES string of the molecule is Cc1cc(=O)cc([C@@H]2O[C@@](C)(C(F)(F)F)[C@@H](C)[C@H]2c2ccc(F)c(F)c2O)[nH]1. The number of H-pyrrole nitrogens is 1. The Morgan fingerprint density at radius 3 is 2.43 bits per heavy atom. The zero-order valence-corrected chi connectivity index (χ0v) is 15.2. The van der Waals surface area contributed by atoms with Crippen LogP contribution in [0.15, 0.2) is 29.1 Å². The highest BCUT2D eigenvalue weighted by molar-refractivity contribution is 5.40. The predicted octanol–water partition coefficient (Wildman–Crippen LogP) is 4.48. The van der Waals surface area contributed by atoms with E-state index in [0.29, 0.717) is 5.69 Å². The lowest BCUT2D eigenvalue weighted by atomic mass is 9.76. The number of nitrogens with one attached hydrogen (secondary N) is 1. The molecule has 0 saturated carbocycles. The van der Waals surface area contributed by atoms with Crippen molar-refractivity contribution in [3.05, 3.63) is 63.1 Å². The number of hydrogen-bond acceptors (Lipinski definition) is 3. The molecule has 2 aromatic rings. The van der Waals surface area contributed by atoms with Crippen LogP contribution in [0.3, 0.4) is 0 Å². The summed E-state index contributed by atoms with van der Waals surface area (Å²) in [5.74, 6) is -6.43. The van der Waals surface area contributed by atoms with E-state index in [9.17, 15) is 31.9 Å². The van der Waals surface area contributed by atoms with E-state index in [1.807, 2.05) is 0 Å². The fourth-order valence-electron chi connectivity index (χ4n) is 3.75. The number of rotatable bonds is 2. The lowest BCUT2D eigenvalue weighted by molar-refractivity contribution is -0.275. The van der Waals surface area contributed by atoms with Crippen molar-refractivity contribution in [2.75, 3.05) is 0 Å². The van der Waals surface area contributed by atoms with E-state index in [-0.39, 0.29) is 11.3 Å². The first-order chi connectivity index (χ1) is 12.9. The van der Waals surface area contributed by atoms with E-state index in [1.54, 1.807) is 6.92 Å². The smallest absolute Gasteiger partial charge is 0.417 e. The topological polar surface area (TPSA) is 62.3 Å². The second-order valence-corrected chi connectivity index (χ2v) is 7.21. The average Bonchev–Trinajstić information content (AvgIpc) is 2.85. The van der Waals surface area contributed by atoms with E-state index < -0.39 is 52.5 Å². The zero-order chi connectivity index (χ0) is 21.0. The van der Waals surface area contributed by atoms with Crippen LogP contribution in [0.1, 0.15) is 42.8 Å². The van der Waals surface area contributed by atoms with Gasteiger partial charge in [-0.2, -0.15) is 17.6 Å². The van der Waals surface area contributed by atoms with E-state index >= 15 is 0 Å². The zero-order valence-electron chi connectivity index (χ0n) is 15.2. The number of hydrogen-bond donors (Lipinski definition) is 2. The third-order valence-electron chi connectivity index (χ3n) is 5.43. The van der Waals surface area contributed by atoms with Gasteiger partial charge in [0.2, 0.25) is 5.82 Å². The molecule has 0 aliphatic carbocycles. The van der Waals surface area contributed by atoms with E-state index in [2.05, 4.69) is 4.98 Å². The molecule has 0 bridgehead atoms. The van der Waals surface area contributed by atoms with Crippen molar-refractivity contribution in [3.63, 3.8) is 0 Å². The molecule has 1 aliphatic heterocycles. The van der Waals surface area contributed by atoms with Crippen LogP contribution in [0, 0.1) is 24.5 Å². The Hall–Kier alpha value is -2.42. The molecule has 0 amide bonds. The highest BCUT2D eigenvalue weighted by atomic mass is 19.4. The molecule has 3 rings (SSSR count). The molecule has 1 aromatic heterocycles. The molecular weight excluding hydrogens is 385 g/mol. The van der Waals surface area contributed by atoms with Crippen molar-refractivity contribution in [1.82, 2.24) is 4.98 Å². The van der Waals surface area contributed by atoms with E-state index in [0.717, 1.165) is 25.1 Å². The Bertz CT molecular complexity index is 971. The quantitative estimate of drug-likeness (QED) is 0.727. The lowest BCUT2D eigenvalue weighted by Crippen LogP contribution is -2.46. The Labute approximate surface area is 157 Å². The monoisotopic (exact) mass is 403 g/mol. The molecule has 1 saturated heterocycles. The highest BCUT2D eigenvalue weighted by Gasteiger charge is 2.65. The average molecular weight is 403 g/mol. The Balaban J connectivity index is 2.23. The second-order valence-electron chi connectivity index (χ2n) is 7.21. The summed E-state index contributed by atoms with van der Waals surface area (Å²) >= 11 is 0. The number of phenolic OH excluding ortho intramolecular Hbond substituents is 1. The number of aromatic hydroxyl groups is 1. The molecule has 0 unspecified atom stereocenters. The lowest BCUT2D eigenvalue weighted by Gasteiger charge is -2.31. The molecule has 9 heteroatoms. The van der Waals surface area contributed by atoms with Crippen molar-refractivity contribution in [2.24, 2.45) is 5.92 Å². The number of phenols is 1. The molecule has 4 atom stereocenters. The number of aryl methyl sites for hydroxylation is 1. The maximum atomic E-state index is 13.9. The van der Waals surface area contributed by atoms with Crippen LogP contribution in [-0.2, 0) is 4.74 Å². The molecule has 2 N–H and O–H groups in total. The van der Waals surface area contributed by atoms with Gasteiger partial charge in [0.25, 0.3) is 0 Å². The third kappa shape index (κ3) is 3.07. The third-order valence-corrected chi connectivity index (χ3v) is 5.43. The van der Waals surface area contributed by atoms with Gasteiger partial charge in [-0.25, -0.2) is 4.39 Å². The number of aromatic nitrogens is 1. The normalized spacial score (nSPS) is 27.9. The van der Waals surface area contributed by atoms with E-state index in [4.69, 9.17) is 4.74 Å². The molecule has 0 spiro atoms. The number of pyridine rings is 1. The molecule has 2 heterocycles. The van der Waals surface area contributed by atoms with Gasteiger partial charge in [0, 0.05) is 40.9 Å². The Morgan fingerprint density at radius 2 is 1.86 bits per heavy atom. The van der Waals surface area contributed by atoms with Gasteiger partial charge in [0.1, 0.15) is 6.10 Å². The first kappa shape index (κ1) is 20.3. The van der Waals surface area contributed by atoms with Crippen LogP contribution in [-0.4, -0.2) is 21.9 Å². The van der Waals surface area contributed by atoms with Crippen molar-refractivity contribution in [3.8, 4) is 5.75 Å². The Kier molecular flexibility index (Phi) is 4.77. The van der Waals surface area contributed by atoms with Gasteiger partial charge in [-0.3, -0.25) is 4.79 Å². The van der Waals surface area contributed by atoms with Crippen LogP contribution in [0.25, 0.3) is 0 Å². The largest absolute Gasteiger partial charge is 0.505 e. The second kappa shape index (κ2) is 6.58. The van der Waals surface area contributed by atoms with Crippen molar-refractivity contribution < 1.29 is 31.8 Å². The first-order valence-corrected chi connectivity index (χ1v) is 8.49. The summed E-state index contributed by atoms with van der Waals surface area (Å²) in [6.45, 7) is 3.67. The fourth-order valence-corrected chi connectivity index (χ4v) is 3.75. The number of ether oxygens (including phenoxy) is 1. The van der Waals surface area contributed by atoms with Gasteiger partial charge in [-0.15, -0.1) is 0 Å². The fraction of sp³-hybridized carbons (Fsp3) is 0.421. The molecule has 28 heavy (non-hydrogen) atoms. The van der Waals surface area contributed by atoms with Crippen LogP contribution in [0.4, 0.5) is 22.0 Å². The van der Waals surface area contributed by atoms with Crippen molar-refractivity contribution >= 4 is 0 Å². The standard InChI is InChI=1S/C19H18F5NO3/c1-8-6-10(26)7-13(25-8)17-14(9(2)18(3,28-17)19(22,23)24)11-4-5-12(20)15(21)16(11)27/h4-7,9,14,17,27H,1-3H3,(H,25,26)/t9-,14-,17-,18+/m0/s1. The molecule has 0 radical (unpaired) electrons. The van der Waals surface area contributed by atoms with Gasteiger partial charge in [-0.1, -0.05) is 13.0 Å². The maximum absolute atomic E-state index is 13.9. The molecule has 1 aliphatic rings. The van der Waals surface area contributed by atoms with Crippen LogP contribution >= 0.6 is 0 Å². The van der Waals surface area contributed by atoms with Gasteiger partial charge in [0.05, 0.1) is 0 Å². The van der Waals surface area contributed by atoms with Gasteiger partial charge >= 0.3 is 6.18 Å². The molecule has 4 nitrogen and oxygen atoms in total. The first-order valence-electron chi connectivity index (χ1n) is 8.49. The summed E-state index contributed by atoms with van der Waals surface area (Å²) in [6.07, 6.45) is -6.12. The van der Waals surface area contributed by atoms with Crippen LogP contribution < -0.4 is 5.43 Å². The van der Waals surface area contributed by atoms with Crippen LogP contribution in [0.2, 0.25) is 0 Å². The number of benzene rings is 1. The van der Waals surface area contributed by atoms with Crippen LogP contribution in [0.5, 0.6) is 5.75 Å². The number of halogens is 5. The maximum Gasteiger partial charge on any atom is 0.417 e. The minimum Gasteiger partial charge on any atom is -0.505 e. The summed E-state index contributed by atoms with van der Waals surface area (Å²) < 4.78 is 74.1. The summed E-state index contributed by atoms with van der Waals surface area (Å²) in [5, 5.41) is 10.1. The predicted molar refractivity (Wildman–Crippen MR) is 90.0 cm³/mol. The van der Waals surface area contributed by atoms with Crippen molar-refractivity contribution in [1.29, 1.82) is 0 Å². The minimum atomic E-state index is -4.78. The van der Waals surface area contributed by atoms with Crippen molar-refractivity contribution in [2.45, 2.75) is 44.6 Å². The molecule has 152 valence electrons. The highest BCUT2D eigenvalue weighted by Crippen LogP contribution is 2.59. The molecule has 1 aromatic carbocycles. The summed E-state index contributed by atoms with van der Waals surface area (Å²) in [4.78, 5) is 14.7. The summed E-state index contributed by atoms with van der Waals surface area (Å²) in [7, 11) is 0.